The van der Waals surface area contributed by atoms with E-state index in [9.17, 15) is 13.2 Å². The lowest BCUT2D eigenvalue weighted by atomic mass is 10.0. The van der Waals surface area contributed by atoms with Crippen molar-refractivity contribution in [1.29, 1.82) is 0 Å². The number of carbonyl (C=O) groups is 1. The normalized spacial score (nSPS) is 12.5. The summed E-state index contributed by atoms with van der Waals surface area (Å²) in [5.41, 5.74) is 2.07. The van der Waals surface area contributed by atoms with Crippen LogP contribution in [0.1, 0.15) is 35.3 Å². The molecular formula is C18H22N2O3S. The second-order valence-electron chi connectivity index (χ2n) is 5.62. The molecule has 0 aromatic heterocycles. The molecule has 128 valence electrons. The predicted molar refractivity (Wildman–Crippen MR) is 96.6 cm³/mol. The van der Waals surface area contributed by atoms with Crippen molar-refractivity contribution in [2.45, 2.75) is 19.4 Å². The van der Waals surface area contributed by atoms with Crippen LogP contribution in [0.4, 0.5) is 5.69 Å². The number of sulfonamides is 1. The first kappa shape index (κ1) is 18.0. The molecule has 0 spiro atoms. The summed E-state index contributed by atoms with van der Waals surface area (Å²) in [5.74, 6) is -0.181. The number of nitrogens with zero attached hydrogens (tertiary/aromatic N) is 1. The van der Waals surface area contributed by atoms with E-state index in [1.165, 1.54) is 11.4 Å². The molecule has 0 aliphatic carbocycles. The molecule has 0 heterocycles. The van der Waals surface area contributed by atoms with Crippen LogP contribution in [0.2, 0.25) is 0 Å². The highest BCUT2D eigenvalue weighted by Crippen LogP contribution is 2.19. The topological polar surface area (TPSA) is 66.5 Å². The smallest absolute Gasteiger partial charge is 0.251 e. The minimum atomic E-state index is -3.32. The van der Waals surface area contributed by atoms with Gasteiger partial charge >= 0.3 is 0 Å². The zero-order chi connectivity index (χ0) is 17.7. The SMILES string of the molecule is CCC(NC(=O)c1ccc(N(C)S(C)(=O)=O)cc1)c1ccccc1. The minimum absolute atomic E-state index is 0.0583. The number of carbonyl (C=O) groups excluding carboxylic acids is 1. The van der Waals surface area contributed by atoms with Gasteiger partial charge < -0.3 is 5.32 Å². The summed E-state index contributed by atoms with van der Waals surface area (Å²) in [7, 11) is -1.84. The van der Waals surface area contributed by atoms with E-state index in [-0.39, 0.29) is 11.9 Å². The average Bonchev–Trinajstić information content (AvgIpc) is 2.59. The van der Waals surface area contributed by atoms with Crippen LogP contribution in [0.3, 0.4) is 0 Å². The second-order valence-corrected chi connectivity index (χ2v) is 7.64. The van der Waals surface area contributed by atoms with Crippen molar-refractivity contribution in [2.75, 3.05) is 17.6 Å². The Morgan fingerprint density at radius 2 is 1.67 bits per heavy atom. The van der Waals surface area contributed by atoms with Crippen LogP contribution in [0, 0.1) is 0 Å². The van der Waals surface area contributed by atoms with Crippen LogP contribution in [-0.2, 0) is 10.0 Å². The Bertz CT molecular complexity index is 787. The van der Waals surface area contributed by atoms with Gasteiger partial charge in [0, 0.05) is 12.6 Å². The summed E-state index contributed by atoms with van der Waals surface area (Å²) in [5, 5.41) is 3.01. The quantitative estimate of drug-likeness (QED) is 0.874. The zero-order valence-corrected chi connectivity index (χ0v) is 14.9. The van der Waals surface area contributed by atoms with Crippen molar-refractivity contribution < 1.29 is 13.2 Å². The summed E-state index contributed by atoms with van der Waals surface area (Å²) >= 11 is 0. The van der Waals surface area contributed by atoms with Crippen LogP contribution >= 0.6 is 0 Å². The first-order valence-electron chi connectivity index (χ1n) is 7.72. The molecule has 0 saturated carbocycles. The maximum atomic E-state index is 12.4. The Morgan fingerprint density at radius 3 is 2.17 bits per heavy atom. The summed E-state index contributed by atoms with van der Waals surface area (Å²) in [6.45, 7) is 2.02. The van der Waals surface area contributed by atoms with Crippen LogP contribution < -0.4 is 9.62 Å². The molecule has 0 bridgehead atoms. The fourth-order valence-corrected chi connectivity index (χ4v) is 2.87. The van der Waals surface area contributed by atoms with Gasteiger partial charge in [0.05, 0.1) is 18.0 Å². The zero-order valence-electron chi connectivity index (χ0n) is 14.1. The Morgan fingerprint density at radius 1 is 1.08 bits per heavy atom. The molecule has 0 saturated heterocycles. The van der Waals surface area contributed by atoms with E-state index in [0.29, 0.717) is 11.3 Å². The molecule has 5 nitrogen and oxygen atoms in total. The first-order valence-corrected chi connectivity index (χ1v) is 9.57. The summed E-state index contributed by atoms with van der Waals surface area (Å²) < 4.78 is 24.3. The molecule has 24 heavy (non-hydrogen) atoms. The molecule has 0 aliphatic heterocycles. The lowest BCUT2D eigenvalue weighted by molar-refractivity contribution is 0.0935. The third-order valence-electron chi connectivity index (χ3n) is 3.91. The number of benzene rings is 2. The Kier molecular flexibility index (Phi) is 5.62. The monoisotopic (exact) mass is 346 g/mol. The van der Waals surface area contributed by atoms with E-state index in [1.54, 1.807) is 24.3 Å². The number of anilines is 1. The van der Waals surface area contributed by atoms with Crippen LogP contribution in [-0.4, -0.2) is 27.6 Å². The Hall–Kier alpha value is -2.34. The highest BCUT2D eigenvalue weighted by molar-refractivity contribution is 7.92. The van der Waals surface area contributed by atoms with Crippen molar-refractivity contribution in [3.63, 3.8) is 0 Å². The summed E-state index contributed by atoms with van der Waals surface area (Å²) in [6, 6.07) is 16.2. The highest BCUT2D eigenvalue weighted by Gasteiger charge is 2.15. The Balaban J connectivity index is 2.13. The maximum absolute atomic E-state index is 12.4. The minimum Gasteiger partial charge on any atom is -0.345 e. The number of hydrogen-bond donors (Lipinski definition) is 1. The third-order valence-corrected chi connectivity index (χ3v) is 5.11. The van der Waals surface area contributed by atoms with Crippen molar-refractivity contribution in [3.05, 3.63) is 65.7 Å². The van der Waals surface area contributed by atoms with Crippen LogP contribution in [0.5, 0.6) is 0 Å². The standard InChI is InChI=1S/C18H22N2O3S/c1-4-17(14-8-6-5-7-9-14)19-18(21)15-10-12-16(13-11-15)20(2)24(3,22)23/h5-13,17H,4H2,1-3H3,(H,19,21). The van der Waals surface area contributed by atoms with Gasteiger partial charge in [-0.3, -0.25) is 9.10 Å². The molecule has 6 heteroatoms. The van der Waals surface area contributed by atoms with Gasteiger partial charge in [0.25, 0.3) is 5.91 Å². The van der Waals surface area contributed by atoms with Crippen molar-refractivity contribution in [2.24, 2.45) is 0 Å². The van der Waals surface area contributed by atoms with Gasteiger partial charge in [-0.25, -0.2) is 8.42 Å². The molecule has 0 fully saturated rings. The van der Waals surface area contributed by atoms with Gasteiger partial charge in [-0.05, 0) is 36.2 Å². The molecule has 0 aliphatic rings. The Labute approximate surface area is 143 Å². The molecule has 1 amide bonds. The van der Waals surface area contributed by atoms with E-state index < -0.39 is 10.0 Å². The first-order chi connectivity index (χ1) is 11.3. The van der Waals surface area contributed by atoms with E-state index in [1.807, 2.05) is 37.3 Å². The van der Waals surface area contributed by atoms with Gasteiger partial charge in [-0.2, -0.15) is 0 Å². The molecule has 1 atom stereocenters. The molecule has 1 N–H and O–H groups in total. The fourth-order valence-electron chi connectivity index (χ4n) is 2.36. The molecule has 0 radical (unpaired) electrons. The maximum Gasteiger partial charge on any atom is 0.251 e. The molecule has 2 rings (SSSR count). The molecule has 1 unspecified atom stereocenters. The van der Waals surface area contributed by atoms with Crippen LogP contribution in [0.15, 0.2) is 54.6 Å². The van der Waals surface area contributed by atoms with Gasteiger partial charge in [-0.1, -0.05) is 37.3 Å². The summed E-state index contributed by atoms with van der Waals surface area (Å²) in [4.78, 5) is 12.4. The van der Waals surface area contributed by atoms with Gasteiger partial charge in [0.1, 0.15) is 0 Å². The lowest BCUT2D eigenvalue weighted by Crippen LogP contribution is -2.28. The van der Waals surface area contributed by atoms with Gasteiger partial charge in [-0.15, -0.1) is 0 Å². The van der Waals surface area contributed by atoms with Crippen molar-refractivity contribution in [1.82, 2.24) is 5.32 Å². The van der Waals surface area contributed by atoms with Crippen LogP contribution in [0.25, 0.3) is 0 Å². The van der Waals surface area contributed by atoms with Crippen molar-refractivity contribution >= 4 is 21.6 Å². The fraction of sp³-hybridized carbons (Fsp3) is 0.278. The number of nitrogens with one attached hydrogen (secondary N) is 1. The number of hydrogen-bond acceptors (Lipinski definition) is 3. The molecular weight excluding hydrogens is 324 g/mol. The van der Waals surface area contributed by atoms with Gasteiger partial charge in [0.15, 0.2) is 0 Å². The van der Waals surface area contributed by atoms with E-state index in [4.69, 9.17) is 0 Å². The highest BCUT2D eigenvalue weighted by atomic mass is 32.2. The van der Waals surface area contributed by atoms with E-state index >= 15 is 0 Å². The van der Waals surface area contributed by atoms with E-state index in [2.05, 4.69) is 5.32 Å². The third kappa shape index (κ3) is 4.35. The largest absolute Gasteiger partial charge is 0.345 e. The average molecular weight is 346 g/mol. The molecule has 2 aromatic rings. The number of amides is 1. The predicted octanol–water partition coefficient (Wildman–Crippen LogP) is 2.96. The molecule has 2 aromatic carbocycles. The lowest BCUT2D eigenvalue weighted by Gasteiger charge is -2.19. The second kappa shape index (κ2) is 7.49. The van der Waals surface area contributed by atoms with Crippen molar-refractivity contribution in [3.8, 4) is 0 Å². The summed E-state index contributed by atoms with van der Waals surface area (Å²) in [6.07, 6.45) is 1.92. The number of rotatable bonds is 6. The van der Waals surface area contributed by atoms with Gasteiger partial charge in [0.2, 0.25) is 10.0 Å². The van der Waals surface area contributed by atoms with E-state index in [0.717, 1.165) is 18.2 Å².